The average molecular weight is 184 g/mol. The Morgan fingerprint density at radius 3 is 2.69 bits per heavy atom. The minimum absolute atomic E-state index is 0.00699. The van der Waals surface area contributed by atoms with E-state index >= 15 is 0 Å². The van der Waals surface area contributed by atoms with E-state index in [0.717, 1.165) is 12.8 Å². The second-order valence-electron chi connectivity index (χ2n) is 3.49. The minimum Gasteiger partial charge on any atom is -0.383 e. The monoisotopic (exact) mass is 184 g/mol. The predicted molar refractivity (Wildman–Crippen MR) is 51.4 cm³/mol. The first-order chi connectivity index (χ1) is 6.61. The van der Waals surface area contributed by atoms with Crippen molar-refractivity contribution in [2.24, 2.45) is 5.92 Å². The van der Waals surface area contributed by atoms with Gasteiger partial charge in [-0.3, -0.25) is 4.79 Å². The van der Waals surface area contributed by atoms with Gasteiger partial charge in [-0.15, -0.1) is 0 Å². The van der Waals surface area contributed by atoms with Gasteiger partial charge in [-0.05, 0) is 18.9 Å². The molecule has 3 nitrogen and oxygen atoms in total. The van der Waals surface area contributed by atoms with Crippen LogP contribution in [0, 0.1) is 5.92 Å². The van der Waals surface area contributed by atoms with Crippen LogP contribution in [-0.2, 0) is 9.53 Å². The number of allylic oxidation sites excluding steroid dienone is 1. The molecule has 1 rings (SSSR count). The molecule has 0 saturated carbocycles. The summed E-state index contributed by atoms with van der Waals surface area (Å²) in [5.74, 6) is -0.0607. The van der Waals surface area contributed by atoms with Crippen LogP contribution in [0.25, 0.3) is 0 Å². The number of carbonyl (C=O) groups is 1. The molecule has 0 radical (unpaired) electrons. The lowest BCUT2D eigenvalue weighted by molar-refractivity contribution is -0.120. The fourth-order valence-corrected chi connectivity index (χ4v) is 1.27. The largest absolute Gasteiger partial charge is 0.383 e. The number of ketones is 1. The summed E-state index contributed by atoms with van der Waals surface area (Å²) < 4.78 is 12.7. The van der Waals surface area contributed by atoms with Crippen LogP contribution in [0.4, 0.5) is 0 Å². The van der Waals surface area contributed by atoms with Crippen LogP contribution in [0.1, 0.15) is 14.2 Å². The lowest BCUT2D eigenvalue weighted by atomic mass is 9.95. The molecule has 0 aliphatic carbocycles. The van der Waals surface area contributed by atoms with Gasteiger partial charge in [0.25, 0.3) is 0 Å². The van der Waals surface area contributed by atoms with Crippen molar-refractivity contribution in [1.82, 2.24) is 4.90 Å². The Bertz CT molecular complexity index is 232. The molecule has 1 aliphatic rings. The maximum absolute atomic E-state index is 11.7. The first-order valence-electron chi connectivity index (χ1n) is 5.08. The van der Waals surface area contributed by atoms with E-state index in [2.05, 4.69) is 0 Å². The molecule has 0 aromatic carbocycles. The lowest BCUT2D eigenvalue weighted by Gasteiger charge is -2.19. The first-order valence-corrected chi connectivity index (χ1v) is 4.58. The second-order valence-corrected chi connectivity index (χ2v) is 3.49. The number of hydrogen-bond acceptors (Lipinski definition) is 3. The van der Waals surface area contributed by atoms with E-state index in [1.807, 2.05) is 14.1 Å². The van der Waals surface area contributed by atoms with E-state index in [1.165, 1.54) is 0 Å². The van der Waals surface area contributed by atoms with Crippen molar-refractivity contribution in [1.29, 1.82) is 0 Å². The van der Waals surface area contributed by atoms with Gasteiger partial charge in [-0.1, -0.05) is 0 Å². The zero-order valence-corrected chi connectivity index (χ0v) is 8.25. The van der Waals surface area contributed by atoms with Crippen molar-refractivity contribution in [3.05, 3.63) is 12.3 Å². The summed E-state index contributed by atoms with van der Waals surface area (Å²) in [6.45, 7) is 1.29. The van der Waals surface area contributed by atoms with E-state index in [9.17, 15) is 4.79 Å². The maximum Gasteiger partial charge on any atom is 0.160 e. The number of nitrogens with zero attached hydrogens (tertiary/aromatic N) is 1. The van der Waals surface area contributed by atoms with Crippen molar-refractivity contribution in [3.8, 4) is 0 Å². The van der Waals surface area contributed by atoms with Crippen molar-refractivity contribution < 1.29 is 10.9 Å². The summed E-state index contributed by atoms with van der Waals surface area (Å²) in [6, 6.07) is 0.0990. The van der Waals surface area contributed by atoms with Crippen LogP contribution in [-0.4, -0.2) is 38.0 Å². The van der Waals surface area contributed by atoms with E-state index in [0.29, 0.717) is 13.2 Å². The van der Waals surface area contributed by atoms with Crippen molar-refractivity contribution in [3.63, 3.8) is 0 Å². The van der Waals surface area contributed by atoms with Gasteiger partial charge in [-0.25, -0.2) is 0 Å². The molecule has 0 aromatic rings. The highest BCUT2D eigenvalue weighted by Gasteiger charge is 2.18. The summed E-state index contributed by atoms with van der Waals surface area (Å²) in [5.41, 5.74) is 0. The highest BCUT2D eigenvalue weighted by molar-refractivity contribution is 5.91. The van der Waals surface area contributed by atoms with E-state index in [4.69, 9.17) is 6.11 Å². The molecule has 0 spiro atoms. The quantitative estimate of drug-likeness (QED) is 0.614. The van der Waals surface area contributed by atoms with Gasteiger partial charge in [0, 0.05) is 39.4 Å². The second kappa shape index (κ2) is 5.02. The topological polar surface area (TPSA) is 29.5 Å². The number of rotatable bonds is 3. The van der Waals surface area contributed by atoms with E-state index in [-0.39, 0.29) is 17.8 Å². The Morgan fingerprint density at radius 1 is 1.54 bits per heavy atom. The van der Waals surface area contributed by atoms with Gasteiger partial charge in [0.1, 0.15) is 0 Å². The molecule has 0 unspecified atom stereocenters. The molecule has 1 heterocycles. The van der Waals surface area contributed by atoms with Gasteiger partial charge in [0.2, 0.25) is 0 Å². The molecule has 0 bridgehead atoms. The summed E-state index contributed by atoms with van der Waals surface area (Å²) in [6.07, 6.45) is 3.06. The van der Waals surface area contributed by atoms with Crippen molar-refractivity contribution in [2.45, 2.75) is 12.8 Å². The Kier molecular flexibility index (Phi) is 3.38. The molecule has 0 amide bonds. The first kappa shape index (κ1) is 8.75. The van der Waals surface area contributed by atoms with Crippen LogP contribution in [0.3, 0.4) is 0 Å². The van der Waals surface area contributed by atoms with Gasteiger partial charge in [0.15, 0.2) is 5.78 Å². The molecular weight excluding hydrogens is 166 g/mol. The van der Waals surface area contributed by atoms with Crippen LogP contribution in [0.15, 0.2) is 12.3 Å². The van der Waals surface area contributed by atoms with E-state index in [1.54, 1.807) is 11.1 Å². The summed E-state index contributed by atoms with van der Waals surface area (Å²) in [7, 11) is 3.62. The summed E-state index contributed by atoms with van der Waals surface area (Å²) in [5, 5.41) is 0. The van der Waals surface area contributed by atoms with Crippen LogP contribution >= 0.6 is 0 Å². The zero-order valence-electron chi connectivity index (χ0n) is 9.25. The van der Waals surface area contributed by atoms with Crippen LogP contribution < -0.4 is 0 Å². The van der Waals surface area contributed by atoms with Gasteiger partial charge in [-0.2, -0.15) is 0 Å². The molecular formula is C10H17NO2. The predicted octanol–water partition coefficient (Wildman–Crippen LogP) is 1.06. The highest BCUT2D eigenvalue weighted by Crippen LogP contribution is 2.15. The van der Waals surface area contributed by atoms with E-state index < -0.39 is 0 Å². The zero-order chi connectivity index (χ0) is 10.6. The Labute approximate surface area is 80.8 Å². The lowest BCUT2D eigenvalue weighted by Crippen LogP contribution is -2.22. The molecule has 74 valence electrons. The molecule has 1 fully saturated rings. The van der Waals surface area contributed by atoms with Crippen molar-refractivity contribution >= 4 is 5.78 Å². The molecule has 0 atom stereocenters. The highest BCUT2D eigenvalue weighted by atomic mass is 16.5. The molecule has 0 aromatic heterocycles. The molecule has 0 N–H and O–H groups in total. The number of ether oxygens (including phenoxy) is 1. The molecule has 3 heteroatoms. The minimum atomic E-state index is -0.0537. The molecule has 1 aliphatic heterocycles. The normalized spacial score (nSPS) is 21.1. The maximum atomic E-state index is 11.7. The SMILES string of the molecule is [2H]C(=CN(C)C)C(=O)C1CCOCC1. The Hall–Kier alpha value is -0.830. The fourth-order valence-electron chi connectivity index (χ4n) is 1.27. The van der Waals surface area contributed by atoms with Crippen LogP contribution in [0.2, 0.25) is 0 Å². The standard InChI is InChI=1S/C10H17NO2/c1-11(2)6-3-10(12)9-4-7-13-8-5-9/h3,6,9H,4-5,7-8H2,1-2H3/i3D. The van der Waals surface area contributed by atoms with Gasteiger partial charge >= 0.3 is 0 Å². The number of carbonyl (C=O) groups excluding carboxylic acids is 1. The Balaban J connectivity index is 2.54. The smallest absolute Gasteiger partial charge is 0.160 e. The summed E-state index contributed by atoms with van der Waals surface area (Å²) >= 11 is 0. The third-order valence-electron chi connectivity index (χ3n) is 2.06. The van der Waals surface area contributed by atoms with Gasteiger partial charge in [0.05, 0.1) is 1.37 Å². The molecule has 13 heavy (non-hydrogen) atoms. The third kappa shape index (κ3) is 3.59. The van der Waals surface area contributed by atoms with Crippen LogP contribution in [0.5, 0.6) is 0 Å². The van der Waals surface area contributed by atoms with Gasteiger partial charge < -0.3 is 9.64 Å². The Morgan fingerprint density at radius 2 is 2.15 bits per heavy atom. The third-order valence-corrected chi connectivity index (χ3v) is 2.06. The molecule has 1 saturated heterocycles. The summed E-state index contributed by atoms with van der Waals surface area (Å²) in [4.78, 5) is 13.4. The fraction of sp³-hybridized carbons (Fsp3) is 0.700. The average Bonchev–Trinajstić information content (AvgIpc) is 2.17. The number of hydrogen-bond donors (Lipinski definition) is 0. The van der Waals surface area contributed by atoms with Crippen molar-refractivity contribution in [2.75, 3.05) is 27.3 Å².